The van der Waals surface area contributed by atoms with Crippen molar-refractivity contribution in [2.75, 3.05) is 6.61 Å². The molecule has 1 aromatic carbocycles. The average molecular weight is 269 g/mol. The fourth-order valence-corrected chi connectivity index (χ4v) is 2.61. The molecule has 3 heteroatoms. The van der Waals surface area contributed by atoms with Crippen LogP contribution in [0, 0.1) is 23.7 Å². The Kier molecular flexibility index (Phi) is 3.75. The van der Waals surface area contributed by atoms with Crippen molar-refractivity contribution in [3.05, 3.63) is 35.4 Å². The third-order valence-corrected chi connectivity index (χ3v) is 4.02. The molecule has 0 saturated heterocycles. The van der Waals surface area contributed by atoms with E-state index in [0.29, 0.717) is 23.4 Å². The van der Waals surface area contributed by atoms with Crippen LogP contribution in [0.3, 0.4) is 0 Å². The molecular weight excluding hydrogens is 250 g/mol. The molecule has 0 atom stereocenters. The summed E-state index contributed by atoms with van der Waals surface area (Å²) in [6.45, 7) is -0.146. The zero-order valence-corrected chi connectivity index (χ0v) is 11.4. The Morgan fingerprint density at radius 3 is 2.30 bits per heavy atom. The van der Waals surface area contributed by atoms with E-state index in [9.17, 15) is 4.79 Å². The maximum atomic E-state index is 12.3. The molecule has 0 heterocycles. The zero-order chi connectivity index (χ0) is 13.9. The highest BCUT2D eigenvalue weighted by atomic mass is 16.2. The first kappa shape index (κ1) is 13.2. The summed E-state index contributed by atoms with van der Waals surface area (Å²) in [6.07, 6.45) is 5.04. The van der Waals surface area contributed by atoms with Crippen molar-refractivity contribution in [3.8, 4) is 11.8 Å². The fraction of sp³-hybridized carbons (Fsp3) is 0.471. The van der Waals surface area contributed by atoms with Gasteiger partial charge in [-0.25, -0.2) is 0 Å². The van der Waals surface area contributed by atoms with Crippen molar-refractivity contribution < 1.29 is 9.90 Å². The molecule has 2 aliphatic rings. The van der Waals surface area contributed by atoms with Gasteiger partial charge in [-0.1, -0.05) is 11.8 Å². The minimum atomic E-state index is -0.146. The fourth-order valence-electron chi connectivity index (χ4n) is 2.61. The van der Waals surface area contributed by atoms with Crippen molar-refractivity contribution in [2.45, 2.75) is 31.7 Å². The minimum Gasteiger partial charge on any atom is -0.384 e. The molecule has 2 aliphatic carbocycles. The molecule has 0 spiro atoms. The minimum absolute atomic E-state index is 0.0236. The van der Waals surface area contributed by atoms with Gasteiger partial charge >= 0.3 is 0 Å². The normalized spacial score (nSPS) is 17.5. The number of benzene rings is 1. The van der Waals surface area contributed by atoms with E-state index in [4.69, 9.17) is 5.11 Å². The molecule has 1 amide bonds. The molecule has 0 aliphatic heterocycles. The van der Waals surface area contributed by atoms with Gasteiger partial charge in [0.2, 0.25) is 0 Å². The number of carbonyl (C=O) groups excluding carboxylic acids is 1. The first-order valence-corrected chi connectivity index (χ1v) is 7.28. The van der Waals surface area contributed by atoms with Crippen LogP contribution in [0.15, 0.2) is 24.3 Å². The van der Waals surface area contributed by atoms with E-state index in [2.05, 4.69) is 17.2 Å². The van der Waals surface area contributed by atoms with Gasteiger partial charge in [-0.2, -0.15) is 0 Å². The number of hydrogen-bond donors (Lipinski definition) is 2. The highest BCUT2D eigenvalue weighted by Gasteiger charge is 2.42. The number of nitrogens with one attached hydrogen (secondary N) is 1. The van der Waals surface area contributed by atoms with Crippen molar-refractivity contribution in [2.24, 2.45) is 11.8 Å². The summed E-state index contributed by atoms with van der Waals surface area (Å²) in [5, 5.41) is 11.9. The lowest BCUT2D eigenvalue weighted by Crippen LogP contribution is -2.38. The van der Waals surface area contributed by atoms with Crippen LogP contribution in [-0.2, 0) is 0 Å². The summed E-state index contributed by atoms with van der Waals surface area (Å²) < 4.78 is 0. The lowest BCUT2D eigenvalue weighted by Gasteiger charge is -2.17. The second-order valence-corrected chi connectivity index (χ2v) is 5.71. The summed E-state index contributed by atoms with van der Waals surface area (Å²) in [6, 6.07) is 7.62. The van der Waals surface area contributed by atoms with E-state index in [1.807, 2.05) is 12.1 Å². The maximum absolute atomic E-state index is 12.3. The Morgan fingerprint density at radius 1 is 1.20 bits per heavy atom. The third kappa shape index (κ3) is 3.20. The Hall–Kier alpha value is -1.79. The lowest BCUT2D eigenvalue weighted by molar-refractivity contribution is 0.0926. The van der Waals surface area contributed by atoms with Crippen LogP contribution >= 0.6 is 0 Å². The topological polar surface area (TPSA) is 49.3 Å². The Bertz CT molecular complexity index is 533. The zero-order valence-electron chi connectivity index (χ0n) is 11.4. The Morgan fingerprint density at radius 2 is 1.80 bits per heavy atom. The Labute approximate surface area is 119 Å². The molecule has 104 valence electrons. The first-order valence-electron chi connectivity index (χ1n) is 7.28. The largest absolute Gasteiger partial charge is 0.384 e. The predicted octanol–water partition coefficient (Wildman–Crippen LogP) is 1.95. The second kappa shape index (κ2) is 5.68. The molecular formula is C17H19NO2. The monoisotopic (exact) mass is 269 g/mol. The van der Waals surface area contributed by atoms with Gasteiger partial charge in [0.1, 0.15) is 6.61 Å². The van der Waals surface area contributed by atoms with Crippen LogP contribution in [0.25, 0.3) is 0 Å². The lowest BCUT2D eigenvalue weighted by atomic mass is 10.1. The quantitative estimate of drug-likeness (QED) is 0.821. The highest BCUT2D eigenvalue weighted by molar-refractivity contribution is 5.94. The molecule has 0 aromatic heterocycles. The highest BCUT2D eigenvalue weighted by Crippen LogP contribution is 2.44. The molecule has 3 rings (SSSR count). The van der Waals surface area contributed by atoms with Crippen LogP contribution in [0.2, 0.25) is 0 Å². The molecule has 3 nitrogen and oxygen atoms in total. The number of amides is 1. The van der Waals surface area contributed by atoms with Crippen molar-refractivity contribution in [1.82, 2.24) is 5.32 Å². The van der Waals surface area contributed by atoms with Crippen LogP contribution < -0.4 is 5.32 Å². The van der Waals surface area contributed by atoms with Crippen LogP contribution in [0.5, 0.6) is 0 Å². The molecule has 2 saturated carbocycles. The van der Waals surface area contributed by atoms with Gasteiger partial charge in [-0.3, -0.25) is 4.79 Å². The van der Waals surface area contributed by atoms with E-state index in [1.54, 1.807) is 12.1 Å². The van der Waals surface area contributed by atoms with E-state index in [0.717, 1.165) is 5.56 Å². The number of aliphatic hydroxyl groups is 1. The molecule has 20 heavy (non-hydrogen) atoms. The number of rotatable bonds is 4. The first-order chi connectivity index (χ1) is 9.78. The third-order valence-electron chi connectivity index (χ3n) is 4.02. The smallest absolute Gasteiger partial charge is 0.251 e. The molecule has 0 radical (unpaired) electrons. The van der Waals surface area contributed by atoms with Crippen LogP contribution in [0.1, 0.15) is 41.6 Å². The molecule has 0 unspecified atom stereocenters. The van der Waals surface area contributed by atoms with Gasteiger partial charge < -0.3 is 10.4 Å². The summed E-state index contributed by atoms with van der Waals surface area (Å²) in [5.74, 6) is 6.87. The van der Waals surface area contributed by atoms with Crippen molar-refractivity contribution in [3.63, 3.8) is 0 Å². The molecule has 2 fully saturated rings. The van der Waals surface area contributed by atoms with E-state index in [-0.39, 0.29) is 12.5 Å². The summed E-state index contributed by atoms with van der Waals surface area (Å²) in [4.78, 5) is 12.3. The van der Waals surface area contributed by atoms with E-state index >= 15 is 0 Å². The Balaban J connectivity index is 1.64. The second-order valence-electron chi connectivity index (χ2n) is 5.71. The van der Waals surface area contributed by atoms with Crippen molar-refractivity contribution in [1.29, 1.82) is 0 Å². The summed E-state index contributed by atoms with van der Waals surface area (Å²) in [7, 11) is 0. The van der Waals surface area contributed by atoms with Gasteiger partial charge in [0.05, 0.1) is 0 Å². The van der Waals surface area contributed by atoms with Gasteiger partial charge in [0.15, 0.2) is 0 Å². The standard InChI is InChI=1S/C17H19NO2/c19-11-1-2-12-3-5-15(6-4-12)17(20)18-16(13-7-8-13)14-9-10-14/h3-6,13-14,16,19H,7-11H2,(H,18,20). The molecule has 1 aromatic rings. The maximum Gasteiger partial charge on any atom is 0.251 e. The number of carbonyl (C=O) groups is 1. The molecule has 0 bridgehead atoms. The predicted molar refractivity (Wildman–Crippen MR) is 77.1 cm³/mol. The van der Waals surface area contributed by atoms with Gasteiger partial charge in [-0.05, 0) is 61.8 Å². The number of hydrogen-bond acceptors (Lipinski definition) is 2. The van der Waals surface area contributed by atoms with Crippen LogP contribution in [-0.4, -0.2) is 23.7 Å². The SMILES string of the molecule is O=C(NC(C1CC1)C1CC1)c1ccc(C#CCO)cc1. The average Bonchev–Trinajstić information content (AvgIpc) is 3.36. The summed E-state index contributed by atoms with van der Waals surface area (Å²) >= 11 is 0. The van der Waals surface area contributed by atoms with E-state index in [1.165, 1.54) is 25.7 Å². The van der Waals surface area contributed by atoms with Gasteiger partial charge in [0, 0.05) is 17.2 Å². The van der Waals surface area contributed by atoms with E-state index < -0.39 is 0 Å². The van der Waals surface area contributed by atoms with Crippen LogP contribution in [0.4, 0.5) is 0 Å². The number of aliphatic hydroxyl groups excluding tert-OH is 1. The van der Waals surface area contributed by atoms with Crippen molar-refractivity contribution >= 4 is 5.91 Å². The summed E-state index contributed by atoms with van der Waals surface area (Å²) in [5.41, 5.74) is 1.50. The van der Waals surface area contributed by atoms with Gasteiger partial charge in [-0.15, -0.1) is 0 Å². The molecule has 2 N–H and O–H groups in total. The van der Waals surface area contributed by atoms with Gasteiger partial charge in [0.25, 0.3) is 5.91 Å².